The molecule has 0 aliphatic carbocycles. The number of hydrogen-bond donors (Lipinski definition) is 2. The molecule has 0 bridgehead atoms. The lowest BCUT2D eigenvalue weighted by atomic mass is 10.2. The molecule has 1 aromatic rings. The van der Waals surface area contributed by atoms with E-state index >= 15 is 0 Å². The Balaban J connectivity index is 1.59. The van der Waals surface area contributed by atoms with Gasteiger partial charge in [-0.15, -0.1) is 11.3 Å². The maximum atomic E-state index is 3.53. The van der Waals surface area contributed by atoms with E-state index in [0.717, 1.165) is 26.2 Å². The number of rotatable bonds is 6. The molecule has 2 rings (SSSR count). The predicted molar refractivity (Wildman–Crippen MR) is 82.2 cm³/mol. The molecule has 1 fully saturated rings. The molecule has 2 N–H and O–H groups in total. The van der Waals surface area contributed by atoms with E-state index in [9.17, 15) is 0 Å². The van der Waals surface area contributed by atoms with Crippen molar-refractivity contribution in [2.75, 3.05) is 32.7 Å². The topological polar surface area (TPSA) is 27.3 Å². The fourth-order valence-electron chi connectivity index (χ4n) is 2.27. The SMILES string of the molecule is CC(CCNCc1cc(Br)cs1)N1CCNCC1. The largest absolute Gasteiger partial charge is 0.314 e. The Kier molecular flexibility index (Phi) is 6.11. The molecule has 1 atom stereocenters. The first-order valence-corrected chi connectivity index (χ1v) is 8.31. The van der Waals surface area contributed by atoms with Gasteiger partial charge in [-0.05, 0) is 41.9 Å². The van der Waals surface area contributed by atoms with E-state index in [1.807, 2.05) is 11.3 Å². The van der Waals surface area contributed by atoms with E-state index in [4.69, 9.17) is 0 Å². The van der Waals surface area contributed by atoms with Gasteiger partial charge in [-0.2, -0.15) is 0 Å². The average Bonchev–Trinajstić information content (AvgIpc) is 2.81. The van der Waals surface area contributed by atoms with Crippen LogP contribution in [0.4, 0.5) is 0 Å². The molecule has 2 heterocycles. The van der Waals surface area contributed by atoms with Gasteiger partial charge in [0.1, 0.15) is 0 Å². The summed E-state index contributed by atoms with van der Waals surface area (Å²) >= 11 is 5.29. The lowest BCUT2D eigenvalue weighted by Gasteiger charge is -2.32. The molecule has 5 heteroatoms. The van der Waals surface area contributed by atoms with Crippen LogP contribution in [0.5, 0.6) is 0 Å². The highest BCUT2D eigenvalue weighted by atomic mass is 79.9. The summed E-state index contributed by atoms with van der Waals surface area (Å²) in [5.74, 6) is 0. The van der Waals surface area contributed by atoms with Gasteiger partial charge in [0.2, 0.25) is 0 Å². The minimum Gasteiger partial charge on any atom is -0.314 e. The van der Waals surface area contributed by atoms with Crippen LogP contribution in [-0.2, 0) is 6.54 Å². The maximum Gasteiger partial charge on any atom is 0.0300 e. The van der Waals surface area contributed by atoms with E-state index in [1.165, 1.54) is 28.9 Å². The van der Waals surface area contributed by atoms with Crippen LogP contribution in [-0.4, -0.2) is 43.7 Å². The van der Waals surface area contributed by atoms with Gasteiger partial charge in [0.15, 0.2) is 0 Å². The number of nitrogens with one attached hydrogen (secondary N) is 2. The van der Waals surface area contributed by atoms with Crippen LogP contribution in [0.25, 0.3) is 0 Å². The highest BCUT2D eigenvalue weighted by Crippen LogP contribution is 2.19. The van der Waals surface area contributed by atoms with Crippen molar-refractivity contribution < 1.29 is 0 Å². The molecule has 1 saturated heterocycles. The van der Waals surface area contributed by atoms with Gasteiger partial charge >= 0.3 is 0 Å². The number of piperazine rings is 1. The highest BCUT2D eigenvalue weighted by molar-refractivity contribution is 9.10. The van der Waals surface area contributed by atoms with Crippen LogP contribution in [0.2, 0.25) is 0 Å². The molecule has 0 spiro atoms. The normalized spacial score (nSPS) is 19.0. The molecule has 0 saturated carbocycles. The zero-order chi connectivity index (χ0) is 12.8. The third-order valence-electron chi connectivity index (χ3n) is 3.43. The van der Waals surface area contributed by atoms with Crippen LogP contribution in [0.15, 0.2) is 15.9 Å². The molecule has 3 nitrogen and oxygen atoms in total. The summed E-state index contributed by atoms with van der Waals surface area (Å²) in [4.78, 5) is 3.98. The molecular weight excluding hydrogens is 310 g/mol. The third kappa shape index (κ3) is 4.63. The van der Waals surface area contributed by atoms with Crippen LogP contribution in [0.1, 0.15) is 18.2 Å². The van der Waals surface area contributed by atoms with Crippen molar-refractivity contribution >= 4 is 27.3 Å². The predicted octanol–water partition coefficient (Wildman–Crippen LogP) is 2.28. The van der Waals surface area contributed by atoms with Crippen LogP contribution < -0.4 is 10.6 Å². The fourth-order valence-corrected chi connectivity index (χ4v) is 3.70. The molecule has 1 aliphatic rings. The van der Waals surface area contributed by atoms with Crippen molar-refractivity contribution in [3.8, 4) is 0 Å². The molecule has 1 unspecified atom stereocenters. The second-order valence-corrected chi connectivity index (χ2v) is 6.74. The second-order valence-electron chi connectivity index (χ2n) is 4.83. The van der Waals surface area contributed by atoms with Crippen molar-refractivity contribution in [3.05, 3.63) is 20.8 Å². The van der Waals surface area contributed by atoms with Gasteiger partial charge in [-0.3, -0.25) is 4.90 Å². The number of hydrogen-bond acceptors (Lipinski definition) is 4. The monoisotopic (exact) mass is 331 g/mol. The Labute approximate surface area is 122 Å². The van der Waals surface area contributed by atoms with Gasteiger partial charge < -0.3 is 10.6 Å². The molecule has 1 aliphatic heterocycles. The summed E-state index contributed by atoms with van der Waals surface area (Å²) in [6, 6.07) is 2.88. The molecule has 1 aromatic heterocycles. The molecule has 0 radical (unpaired) electrons. The summed E-state index contributed by atoms with van der Waals surface area (Å²) in [6.45, 7) is 9.10. The van der Waals surface area contributed by atoms with Crippen LogP contribution in [0.3, 0.4) is 0 Å². The first-order valence-electron chi connectivity index (χ1n) is 6.64. The molecule has 18 heavy (non-hydrogen) atoms. The summed E-state index contributed by atoms with van der Waals surface area (Å²) in [5, 5.41) is 9.07. The van der Waals surface area contributed by atoms with Crippen molar-refractivity contribution in [2.24, 2.45) is 0 Å². The van der Waals surface area contributed by atoms with E-state index < -0.39 is 0 Å². The second kappa shape index (κ2) is 7.60. The van der Waals surface area contributed by atoms with Crippen molar-refractivity contribution in [1.82, 2.24) is 15.5 Å². The summed E-state index contributed by atoms with van der Waals surface area (Å²) in [6.07, 6.45) is 1.23. The molecular formula is C13H22BrN3S. The number of halogens is 1. The summed E-state index contributed by atoms with van der Waals surface area (Å²) in [5.41, 5.74) is 0. The van der Waals surface area contributed by atoms with E-state index in [1.54, 1.807) is 0 Å². The summed E-state index contributed by atoms with van der Waals surface area (Å²) < 4.78 is 1.19. The van der Waals surface area contributed by atoms with E-state index in [2.05, 4.69) is 49.8 Å². The fraction of sp³-hybridized carbons (Fsp3) is 0.692. The van der Waals surface area contributed by atoms with Gasteiger partial charge in [-0.25, -0.2) is 0 Å². The van der Waals surface area contributed by atoms with Crippen molar-refractivity contribution in [3.63, 3.8) is 0 Å². The van der Waals surface area contributed by atoms with Crippen molar-refractivity contribution in [2.45, 2.75) is 25.9 Å². The van der Waals surface area contributed by atoms with E-state index in [-0.39, 0.29) is 0 Å². The van der Waals surface area contributed by atoms with E-state index in [0.29, 0.717) is 6.04 Å². The van der Waals surface area contributed by atoms with Gasteiger partial charge in [0, 0.05) is 53.5 Å². The lowest BCUT2D eigenvalue weighted by Crippen LogP contribution is -2.48. The highest BCUT2D eigenvalue weighted by Gasteiger charge is 2.15. The number of thiophene rings is 1. The first-order chi connectivity index (χ1) is 8.75. The van der Waals surface area contributed by atoms with Gasteiger partial charge in [-0.1, -0.05) is 0 Å². The Morgan fingerprint density at radius 2 is 2.28 bits per heavy atom. The minimum absolute atomic E-state index is 0.690. The Hall–Kier alpha value is 0.0600. The smallest absolute Gasteiger partial charge is 0.0300 e. The minimum atomic E-state index is 0.690. The zero-order valence-electron chi connectivity index (χ0n) is 10.9. The molecule has 0 aromatic carbocycles. The van der Waals surface area contributed by atoms with Crippen LogP contribution in [0, 0.1) is 0 Å². The standard InChI is InChI=1S/C13H22BrN3S/c1-11(17-6-4-15-5-7-17)2-3-16-9-13-8-12(14)10-18-13/h8,10-11,15-16H,2-7,9H2,1H3. The van der Waals surface area contributed by atoms with Gasteiger partial charge in [0.05, 0.1) is 0 Å². The van der Waals surface area contributed by atoms with Crippen molar-refractivity contribution in [1.29, 1.82) is 0 Å². The zero-order valence-corrected chi connectivity index (χ0v) is 13.3. The van der Waals surface area contributed by atoms with Gasteiger partial charge in [0.25, 0.3) is 0 Å². The molecule has 0 amide bonds. The third-order valence-corrected chi connectivity index (χ3v) is 5.13. The Morgan fingerprint density at radius 1 is 1.50 bits per heavy atom. The quantitative estimate of drug-likeness (QED) is 0.783. The first kappa shape index (κ1) is 14.5. The molecule has 102 valence electrons. The maximum absolute atomic E-state index is 3.53. The Bertz CT molecular complexity index is 350. The number of nitrogens with zero attached hydrogens (tertiary/aromatic N) is 1. The lowest BCUT2D eigenvalue weighted by molar-refractivity contribution is 0.176. The average molecular weight is 332 g/mol. The van der Waals surface area contributed by atoms with Crippen LogP contribution >= 0.6 is 27.3 Å². The summed E-state index contributed by atoms with van der Waals surface area (Å²) in [7, 11) is 0. The Morgan fingerprint density at radius 3 is 2.94 bits per heavy atom.